The summed E-state index contributed by atoms with van der Waals surface area (Å²) < 4.78 is 0.695. The summed E-state index contributed by atoms with van der Waals surface area (Å²) in [5, 5.41) is 2.78. The van der Waals surface area contributed by atoms with Gasteiger partial charge in [0.25, 0.3) is 5.91 Å². The lowest BCUT2D eigenvalue weighted by molar-refractivity contribution is 0.102. The van der Waals surface area contributed by atoms with Crippen molar-refractivity contribution in [1.29, 1.82) is 0 Å². The molecule has 0 aliphatic heterocycles. The second-order valence-corrected chi connectivity index (χ2v) is 4.93. The maximum atomic E-state index is 12.1. The molecule has 0 atom stereocenters. The van der Waals surface area contributed by atoms with Gasteiger partial charge in [-0.1, -0.05) is 23.8 Å². The molecular formula is C14H13BrN2O. The van der Waals surface area contributed by atoms with Crippen LogP contribution >= 0.6 is 15.9 Å². The molecule has 1 aromatic heterocycles. The number of amides is 1. The lowest BCUT2D eigenvalue weighted by Gasteiger charge is -2.07. The van der Waals surface area contributed by atoms with Crippen LogP contribution in [0.1, 0.15) is 21.5 Å². The summed E-state index contributed by atoms with van der Waals surface area (Å²) in [6.45, 7) is 3.93. The molecule has 3 nitrogen and oxygen atoms in total. The Bertz CT molecular complexity index is 596. The van der Waals surface area contributed by atoms with Crippen LogP contribution in [-0.4, -0.2) is 10.9 Å². The number of nitrogens with one attached hydrogen (secondary N) is 1. The monoisotopic (exact) mass is 304 g/mol. The number of hydrogen-bond donors (Lipinski definition) is 1. The van der Waals surface area contributed by atoms with Crippen molar-refractivity contribution in [3.05, 3.63) is 57.7 Å². The van der Waals surface area contributed by atoms with E-state index in [0.29, 0.717) is 16.0 Å². The highest BCUT2D eigenvalue weighted by Crippen LogP contribution is 2.14. The normalized spacial score (nSPS) is 10.2. The molecule has 0 saturated heterocycles. The van der Waals surface area contributed by atoms with Crippen molar-refractivity contribution in [3.63, 3.8) is 0 Å². The number of carbonyl (C=O) groups excluding carboxylic acids is 1. The third-order valence-corrected chi connectivity index (χ3v) is 3.02. The first kappa shape index (κ1) is 12.8. The maximum absolute atomic E-state index is 12.1. The number of anilines is 1. The highest BCUT2D eigenvalue weighted by molar-refractivity contribution is 9.10. The van der Waals surface area contributed by atoms with E-state index < -0.39 is 0 Å². The van der Waals surface area contributed by atoms with E-state index >= 15 is 0 Å². The Balaban J connectivity index is 2.22. The number of aryl methyl sites for hydroxylation is 2. The molecule has 0 bridgehead atoms. The van der Waals surface area contributed by atoms with Crippen LogP contribution in [0.25, 0.3) is 0 Å². The first-order valence-corrected chi connectivity index (χ1v) is 6.37. The van der Waals surface area contributed by atoms with Crippen LogP contribution in [0.4, 0.5) is 5.82 Å². The highest BCUT2D eigenvalue weighted by atomic mass is 79.9. The molecule has 1 amide bonds. The third kappa shape index (κ3) is 2.96. The zero-order chi connectivity index (χ0) is 13.1. The van der Waals surface area contributed by atoms with Crippen molar-refractivity contribution < 1.29 is 4.79 Å². The Hall–Kier alpha value is -1.68. The van der Waals surface area contributed by atoms with Gasteiger partial charge < -0.3 is 5.32 Å². The van der Waals surface area contributed by atoms with E-state index in [1.807, 2.05) is 44.2 Å². The molecule has 0 fully saturated rings. The van der Waals surface area contributed by atoms with Gasteiger partial charge in [-0.2, -0.15) is 0 Å². The lowest BCUT2D eigenvalue weighted by atomic mass is 10.1. The van der Waals surface area contributed by atoms with E-state index in [1.165, 1.54) is 0 Å². The molecule has 92 valence electrons. The summed E-state index contributed by atoms with van der Waals surface area (Å²) in [4.78, 5) is 16.3. The number of hydrogen-bond acceptors (Lipinski definition) is 2. The summed E-state index contributed by atoms with van der Waals surface area (Å²) in [5.74, 6) is 0.396. The largest absolute Gasteiger partial charge is 0.307 e. The molecule has 2 rings (SSSR count). The molecular weight excluding hydrogens is 292 g/mol. The summed E-state index contributed by atoms with van der Waals surface area (Å²) in [6.07, 6.45) is 0. The molecule has 0 unspecified atom stereocenters. The summed E-state index contributed by atoms with van der Waals surface area (Å²) in [5.41, 5.74) is 2.77. The van der Waals surface area contributed by atoms with Gasteiger partial charge >= 0.3 is 0 Å². The number of halogens is 1. The van der Waals surface area contributed by atoms with Gasteiger partial charge in [0.15, 0.2) is 0 Å². The fourth-order valence-electron chi connectivity index (χ4n) is 1.73. The van der Waals surface area contributed by atoms with Crippen molar-refractivity contribution in [3.8, 4) is 0 Å². The first-order chi connectivity index (χ1) is 8.56. The van der Waals surface area contributed by atoms with Crippen molar-refractivity contribution >= 4 is 27.7 Å². The minimum absolute atomic E-state index is 0.141. The van der Waals surface area contributed by atoms with Gasteiger partial charge in [-0.3, -0.25) is 4.79 Å². The van der Waals surface area contributed by atoms with Crippen LogP contribution in [0, 0.1) is 13.8 Å². The molecule has 1 heterocycles. The van der Waals surface area contributed by atoms with Crippen LogP contribution < -0.4 is 5.32 Å². The fourth-order valence-corrected chi connectivity index (χ4v) is 2.07. The van der Waals surface area contributed by atoms with Crippen LogP contribution in [0.2, 0.25) is 0 Å². The van der Waals surface area contributed by atoms with Crippen molar-refractivity contribution in [2.75, 3.05) is 5.32 Å². The Morgan fingerprint density at radius 2 is 2.00 bits per heavy atom. The van der Waals surface area contributed by atoms with Crippen LogP contribution in [-0.2, 0) is 0 Å². The number of pyridine rings is 1. The third-order valence-electron chi connectivity index (χ3n) is 2.58. The average molecular weight is 305 g/mol. The maximum Gasteiger partial charge on any atom is 0.257 e. The molecule has 2 aromatic rings. The zero-order valence-corrected chi connectivity index (χ0v) is 11.8. The Kier molecular flexibility index (Phi) is 3.77. The average Bonchev–Trinajstić information content (AvgIpc) is 2.28. The molecule has 18 heavy (non-hydrogen) atoms. The van der Waals surface area contributed by atoms with Gasteiger partial charge in [-0.05, 0) is 53.5 Å². The second kappa shape index (κ2) is 5.31. The van der Waals surface area contributed by atoms with Gasteiger partial charge in [0, 0.05) is 5.56 Å². The number of benzene rings is 1. The predicted octanol–water partition coefficient (Wildman–Crippen LogP) is 3.71. The number of aromatic nitrogens is 1. The topological polar surface area (TPSA) is 42.0 Å². The number of nitrogens with zero attached hydrogens (tertiary/aromatic N) is 1. The highest BCUT2D eigenvalue weighted by Gasteiger charge is 2.09. The van der Waals surface area contributed by atoms with Crippen LogP contribution in [0.3, 0.4) is 0 Å². The Labute approximate surface area is 114 Å². The molecule has 0 aliphatic rings. The van der Waals surface area contributed by atoms with Gasteiger partial charge in [-0.25, -0.2) is 4.98 Å². The van der Waals surface area contributed by atoms with E-state index in [0.717, 1.165) is 11.1 Å². The van der Waals surface area contributed by atoms with E-state index in [1.54, 1.807) is 6.07 Å². The molecule has 0 spiro atoms. The quantitative estimate of drug-likeness (QED) is 0.859. The fraction of sp³-hybridized carbons (Fsp3) is 0.143. The van der Waals surface area contributed by atoms with Crippen LogP contribution in [0.5, 0.6) is 0 Å². The summed E-state index contributed by atoms with van der Waals surface area (Å²) >= 11 is 3.27. The molecule has 1 N–H and O–H groups in total. The van der Waals surface area contributed by atoms with Gasteiger partial charge in [0.1, 0.15) is 10.4 Å². The van der Waals surface area contributed by atoms with E-state index in [2.05, 4.69) is 26.2 Å². The van der Waals surface area contributed by atoms with Crippen LogP contribution in [0.15, 0.2) is 41.0 Å². The van der Waals surface area contributed by atoms with Crippen molar-refractivity contribution in [1.82, 2.24) is 4.98 Å². The van der Waals surface area contributed by atoms with Crippen molar-refractivity contribution in [2.24, 2.45) is 0 Å². The lowest BCUT2D eigenvalue weighted by Crippen LogP contribution is -2.14. The molecule has 0 radical (unpaired) electrons. The molecule has 1 aromatic carbocycles. The SMILES string of the molecule is Cc1ccc(C(=O)Nc2cccc(Br)n2)c(C)c1. The van der Waals surface area contributed by atoms with E-state index in [-0.39, 0.29) is 5.91 Å². The number of carbonyl (C=O) groups is 1. The van der Waals surface area contributed by atoms with Gasteiger partial charge in [0.05, 0.1) is 0 Å². The Morgan fingerprint density at radius 3 is 2.67 bits per heavy atom. The second-order valence-electron chi connectivity index (χ2n) is 4.12. The first-order valence-electron chi connectivity index (χ1n) is 5.57. The minimum atomic E-state index is -0.141. The number of rotatable bonds is 2. The summed E-state index contributed by atoms with van der Waals surface area (Å²) in [7, 11) is 0. The van der Waals surface area contributed by atoms with E-state index in [9.17, 15) is 4.79 Å². The smallest absolute Gasteiger partial charge is 0.257 e. The minimum Gasteiger partial charge on any atom is -0.307 e. The standard InChI is InChI=1S/C14H13BrN2O/c1-9-6-7-11(10(2)8-9)14(18)17-13-5-3-4-12(15)16-13/h3-8H,1-2H3,(H,16,17,18). The molecule has 4 heteroatoms. The van der Waals surface area contributed by atoms with Crippen molar-refractivity contribution in [2.45, 2.75) is 13.8 Å². The molecule has 0 aliphatic carbocycles. The Morgan fingerprint density at radius 1 is 1.22 bits per heavy atom. The molecule has 0 saturated carbocycles. The zero-order valence-electron chi connectivity index (χ0n) is 10.2. The van der Waals surface area contributed by atoms with E-state index in [4.69, 9.17) is 0 Å². The summed E-state index contributed by atoms with van der Waals surface area (Å²) in [6, 6.07) is 11.1. The predicted molar refractivity (Wildman–Crippen MR) is 75.8 cm³/mol. The van der Waals surface area contributed by atoms with Gasteiger partial charge in [-0.15, -0.1) is 0 Å². The van der Waals surface area contributed by atoms with Gasteiger partial charge in [0.2, 0.25) is 0 Å².